The van der Waals surface area contributed by atoms with Gasteiger partial charge in [0.1, 0.15) is 5.69 Å². The molecule has 0 unspecified atom stereocenters. The lowest BCUT2D eigenvalue weighted by molar-refractivity contribution is 0.0950. The molecule has 0 atom stereocenters. The Labute approximate surface area is 122 Å². The van der Waals surface area contributed by atoms with Crippen molar-refractivity contribution in [3.63, 3.8) is 0 Å². The topological polar surface area (TPSA) is 72.8 Å². The van der Waals surface area contributed by atoms with E-state index in [9.17, 15) is 4.79 Å². The van der Waals surface area contributed by atoms with E-state index < -0.39 is 0 Å². The van der Waals surface area contributed by atoms with Crippen LogP contribution in [-0.4, -0.2) is 31.3 Å². The summed E-state index contributed by atoms with van der Waals surface area (Å²) in [7, 11) is 3.10. The monoisotopic (exact) mass is 285 g/mol. The number of hydrazone groups is 1. The SMILES string of the molecule is COc1cccc(C=NNC(=O)c2ccccn2)c1OC. The van der Waals surface area contributed by atoms with Gasteiger partial charge in [0.25, 0.3) is 5.91 Å². The number of benzene rings is 1. The lowest BCUT2D eigenvalue weighted by Gasteiger charge is -2.09. The number of methoxy groups -OCH3 is 2. The fourth-order valence-corrected chi connectivity index (χ4v) is 1.73. The van der Waals surface area contributed by atoms with E-state index in [-0.39, 0.29) is 5.91 Å². The molecule has 0 aliphatic carbocycles. The van der Waals surface area contributed by atoms with Gasteiger partial charge in [-0.05, 0) is 24.3 Å². The predicted octanol–water partition coefficient (Wildman–Crippen LogP) is 1.86. The molecule has 1 aromatic heterocycles. The molecule has 0 saturated heterocycles. The Kier molecular flexibility index (Phi) is 4.87. The normalized spacial score (nSPS) is 10.4. The number of hydrogen-bond donors (Lipinski definition) is 1. The van der Waals surface area contributed by atoms with Gasteiger partial charge in [0.15, 0.2) is 11.5 Å². The highest BCUT2D eigenvalue weighted by Crippen LogP contribution is 2.29. The van der Waals surface area contributed by atoms with Crippen LogP contribution in [0, 0.1) is 0 Å². The average Bonchev–Trinajstić information content (AvgIpc) is 2.55. The van der Waals surface area contributed by atoms with E-state index in [1.807, 2.05) is 6.07 Å². The van der Waals surface area contributed by atoms with Gasteiger partial charge in [-0.15, -0.1) is 0 Å². The molecule has 6 nitrogen and oxygen atoms in total. The summed E-state index contributed by atoms with van der Waals surface area (Å²) in [6.45, 7) is 0. The molecule has 6 heteroatoms. The van der Waals surface area contributed by atoms with Crippen molar-refractivity contribution in [3.8, 4) is 11.5 Å². The van der Waals surface area contributed by atoms with Crippen LogP contribution in [0.15, 0.2) is 47.7 Å². The molecular formula is C15H15N3O3. The van der Waals surface area contributed by atoms with Crippen molar-refractivity contribution in [2.45, 2.75) is 0 Å². The molecule has 1 N–H and O–H groups in total. The van der Waals surface area contributed by atoms with Crippen molar-refractivity contribution in [2.75, 3.05) is 14.2 Å². The van der Waals surface area contributed by atoms with Gasteiger partial charge in [-0.1, -0.05) is 12.1 Å². The molecule has 0 bridgehead atoms. The van der Waals surface area contributed by atoms with Gasteiger partial charge in [-0.3, -0.25) is 9.78 Å². The zero-order chi connectivity index (χ0) is 15.1. The van der Waals surface area contributed by atoms with Crippen molar-refractivity contribution >= 4 is 12.1 Å². The maximum atomic E-state index is 11.8. The van der Waals surface area contributed by atoms with Crippen LogP contribution in [0.2, 0.25) is 0 Å². The van der Waals surface area contributed by atoms with Crippen LogP contribution in [0.25, 0.3) is 0 Å². The smallest absolute Gasteiger partial charge is 0.289 e. The van der Waals surface area contributed by atoms with Crippen molar-refractivity contribution in [2.24, 2.45) is 5.10 Å². The molecular weight excluding hydrogens is 270 g/mol. The molecule has 1 heterocycles. The van der Waals surface area contributed by atoms with E-state index in [0.29, 0.717) is 22.8 Å². The minimum absolute atomic E-state index is 0.298. The molecule has 0 aliphatic heterocycles. The molecule has 21 heavy (non-hydrogen) atoms. The van der Waals surface area contributed by atoms with E-state index in [2.05, 4.69) is 15.5 Å². The molecule has 0 aliphatic rings. The van der Waals surface area contributed by atoms with E-state index in [1.165, 1.54) is 6.21 Å². The standard InChI is InChI=1S/C15H15N3O3/c1-20-13-8-5-6-11(14(13)21-2)10-17-18-15(19)12-7-3-4-9-16-12/h3-10H,1-2H3,(H,18,19). The van der Waals surface area contributed by atoms with Gasteiger partial charge in [0.05, 0.1) is 20.4 Å². The fraction of sp³-hybridized carbons (Fsp3) is 0.133. The number of amides is 1. The van der Waals surface area contributed by atoms with Gasteiger partial charge in [0, 0.05) is 11.8 Å². The number of nitrogens with zero attached hydrogens (tertiary/aromatic N) is 2. The van der Waals surface area contributed by atoms with Crippen molar-refractivity contribution < 1.29 is 14.3 Å². The summed E-state index contributed by atoms with van der Waals surface area (Å²) in [5.41, 5.74) is 3.40. The second-order valence-corrected chi connectivity index (χ2v) is 4.00. The molecule has 2 aromatic rings. The largest absolute Gasteiger partial charge is 0.493 e. The summed E-state index contributed by atoms with van der Waals surface area (Å²) < 4.78 is 10.5. The Morgan fingerprint density at radius 2 is 2.05 bits per heavy atom. The maximum absolute atomic E-state index is 11.8. The number of rotatable bonds is 5. The van der Waals surface area contributed by atoms with Gasteiger partial charge >= 0.3 is 0 Å². The number of ether oxygens (including phenoxy) is 2. The Balaban J connectivity index is 2.10. The zero-order valence-electron chi connectivity index (χ0n) is 11.7. The first kappa shape index (κ1) is 14.5. The summed E-state index contributed by atoms with van der Waals surface area (Å²) in [4.78, 5) is 15.7. The van der Waals surface area contributed by atoms with Crippen molar-refractivity contribution in [3.05, 3.63) is 53.9 Å². The van der Waals surface area contributed by atoms with Crippen LogP contribution in [0.1, 0.15) is 16.1 Å². The number of aromatic nitrogens is 1. The highest BCUT2D eigenvalue weighted by molar-refractivity contribution is 5.93. The molecule has 0 spiro atoms. The molecule has 0 fully saturated rings. The highest BCUT2D eigenvalue weighted by atomic mass is 16.5. The third-order valence-corrected chi connectivity index (χ3v) is 2.70. The number of carbonyl (C=O) groups is 1. The van der Waals surface area contributed by atoms with Crippen LogP contribution in [0.5, 0.6) is 11.5 Å². The molecule has 108 valence electrons. The second-order valence-electron chi connectivity index (χ2n) is 4.00. The van der Waals surface area contributed by atoms with Crippen LogP contribution < -0.4 is 14.9 Å². The maximum Gasteiger partial charge on any atom is 0.289 e. The van der Waals surface area contributed by atoms with Crippen LogP contribution >= 0.6 is 0 Å². The molecule has 1 aromatic carbocycles. The third-order valence-electron chi connectivity index (χ3n) is 2.70. The lowest BCUT2D eigenvalue weighted by atomic mass is 10.2. The minimum Gasteiger partial charge on any atom is -0.493 e. The van der Waals surface area contributed by atoms with Crippen molar-refractivity contribution in [1.82, 2.24) is 10.4 Å². The second kappa shape index (κ2) is 7.04. The van der Waals surface area contributed by atoms with E-state index in [0.717, 1.165) is 0 Å². The molecule has 2 rings (SSSR count). The van der Waals surface area contributed by atoms with E-state index in [1.54, 1.807) is 50.7 Å². The van der Waals surface area contributed by atoms with Gasteiger partial charge in [0.2, 0.25) is 0 Å². The van der Waals surface area contributed by atoms with E-state index >= 15 is 0 Å². The van der Waals surface area contributed by atoms with Crippen LogP contribution in [0.4, 0.5) is 0 Å². The lowest BCUT2D eigenvalue weighted by Crippen LogP contribution is -2.18. The number of hydrogen-bond acceptors (Lipinski definition) is 5. The summed E-state index contributed by atoms with van der Waals surface area (Å²) in [5, 5.41) is 3.90. The molecule has 0 radical (unpaired) electrons. The first-order chi connectivity index (χ1) is 10.3. The van der Waals surface area contributed by atoms with Crippen LogP contribution in [-0.2, 0) is 0 Å². The van der Waals surface area contributed by atoms with Gasteiger partial charge in [-0.25, -0.2) is 5.43 Å². The number of carbonyl (C=O) groups excluding carboxylic acids is 1. The molecule has 0 saturated carbocycles. The summed E-state index contributed by atoms with van der Waals surface area (Å²) in [6, 6.07) is 10.5. The quantitative estimate of drug-likeness (QED) is 0.672. The number of para-hydroxylation sites is 1. The summed E-state index contributed by atoms with van der Waals surface area (Å²) >= 11 is 0. The van der Waals surface area contributed by atoms with Crippen LogP contribution in [0.3, 0.4) is 0 Å². The van der Waals surface area contributed by atoms with Gasteiger partial charge in [-0.2, -0.15) is 5.10 Å². The summed E-state index contributed by atoms with van der Waals surface area (Å²) in [6.07, 6.45) is 3.03. The molecule has 1 amide bonds. The Morgan fingerprint density at radius 1 is 1.19 bits per heavy atom. The van der Waals surface area contributed by atoms with Gasteiger partial charge < -0.3 is 9.47 Å². The Hall–Kier alpha value is -2.89. The first-order valence-electron chi connectivity index (χ1n) is 6.21. The third kappa shape index (κ3) is 3.56. The minimum atomic E-state index is -0.381. The van der Waals surface area contributed by atoms with Crippen molar-refractivity contribution in [1.29, 1.82) is 0 Å². The number of nitrogens with one attached hydrogen (secondary N) is 1. The van der Waals surface area contributed by atoms with E-state index in [4.69, 9.17) is 9.47 Å². The first-order valence-corrected chi connectivity index (χ1v) is 6.21. The average molecular weight is 285 g/mol. The fourth-order valence-electron chi connectivity index (χ4n) is 1.73. The Bertz CT molecular complexity index is 642. The summed E-state index contributed by atoms with van der Waals surface area (Å²) in [5.74, 6) is 0.766. The predicted molar refractivity (Wildman–Crippen MR) is 78.8 cm³/mol. The zero-order valence-corrected chi connectivity index (χ0v) is 11.7. The Morgan fingerprint density at radius 3 is 2.71 bits per heavy atom. The number of pyridine rings is 1. The highest BCUT2D eigenvalue weighted by Gasteiger charge is 2.08.